The van der Waals surface area contributed by atoms with E-state index in [1.165, 1.54) is 76.5 Å². The van der Waals surface area contributed by atoms with Crippen molar-refractivity contribution in [1.82, 2.24) is 15.2 Å². The number of H-pyrrole nitrogens is 1. The Morgan fingerprint density at radius 2 is 1.58 bits per heavy atom. The number of unbranched alkanes of at least 4 members (excludes halogenated alkanes) is 6. The molecule has 2 aromatic carbocycles. The molecule has 0 spiro atoms. The number of fused-ring (bicyclic) bond motifs is 1. The number of aliphatic hydroxyl groups is 1. The number of piperidine rings is 1. The number of benzene rings is 2. The van der Waals surface area contributed by atoms with Gasteiger partial charge in [0, 0.05) is 18.0 Å². The quantitative estimate of drug-likeness (QED) is 0.0843. The van der Waals surface area contributed by atoms with Crippen LogP contribution in [-0.2, 0) is 9.53 Å². The number of esters is 1. The first-order valence-corrected chi connectivity index (χ1v) is 18.7. The first-order chi connectivity index (χ1) is 23.5. The van der Waals surface area contributed by atoms with Crippen LogP contribution >= 0.6 is 0 Å². The molecule has 0 amide bonds. The number of nitrogens with one attached hydrogen (secondary N) is 2. The van der Waals surface area contributed by atoms with Crippen LogP contribution in [0.1, 0.15) is 113 Å². The monoisotopic (exact) mass is 659 g/mol. The summed E-state index contributed by atoms with van der Waals surface area (Å²) in [6.45, 7) is 5.23. The normalized spacial score (nSPS) is 17.8. The van der Waals surface area contributed by atoms with Crippen molar-refractivity contribution < 1.29 is 19.7 Å². The zero-order valence-electron chi connectivity index (χ0n) is 28.7. The number of pyridine rings is 1. The first kappa shape index (κ1) is 36.1. The van der Waals surface area contributed by atoms with E-state index in [1.54, 1.807) is 12.1 Å². The van der Waals surface area contributed by atoms with E-state index in [4.69, 9.17) is 4.74 Å². The molecule has 1 aromatic heterocycles. The number of aromatic hydroxyl groups is 1. The number of phenolic OH excluding ortho intramolecular Hbond substituents is 1. The molecule has 262 valence electrons. The maximum absolute atomic E-state index is 13.3. The molecule has 2 heterocycles. The number of aromatic nitrogens is 1. The third-order valence-electron chi connectivity index (χ3n) is 10.6. The molecule has 5 rings (SSSR count). The highest BCUT2D eigenvalue weighted by atomic mass is 16.5. The van der Waals surface area contributed by atoms with Crippen molar-refractivity contribution in [2.75, 3.05) is 39.3 Å². The lowest BCUT2D eigenvalue weighted by Crippen LogP contribution is -2.36. The van der Waals surface area contributed by atoms with Gasteiger partial charge in [-0.3, -0.25) is 9.59 Å². The number of carbonyl (C=O) groups excluding carboxylic acids is 1. The van der Waals surface area contributed by atoms with E-state index in [9.17, 15) is 19.8 Å². The number of ether oxygens (including phenoxy) is 1. The molecule has 2 atom stereocenters. The summed E-state index contributed by atoms with van der Waals surface area (Å²) in [4.78, 5) is 30.2. The summed E-state index contributed by atoms with van der Waals surface area (Å²) in [6.07, 6.45) is 16.1. The number of aromatic amines is 1. The van der Waals surface area contributed by atoms with Crippen molar-refractivity contribution in [3.63, 3.8) is 0 Å². The molecule has 1 aliphatic heterocycles. The summed E-state index contributed by atoms with van der Waals surface area (Å²) in [6, 6.07) is 16.6. The van der Waals surface area contributed by atoms with Gasteiger partial charge in [-0.05, 0) is 99.8 Å². The Labute approximate surface area is 286 Å². The van der Waals surface area contributed by atoms with Crippen LogP contribution < -0.4 is 10.9 Å². The van der Waals surface area contributed by atoms with Crippen molar-refractivity contribution in [3.05, 3.63) is 76.1 Å². The zero-order valence-corrected chi connectivity index (χ0v) is 28.7. The molecule has 8 nitrogen and oxygen atoms in total. The fraction of sp³-hybridized carbons (Fsp3) is 0.600. The van der Waals surface area contributed by atoms with E-state index < -0.39 is 6.10 Å². The Morgan fingerprint density at radius 3 is 2.33 bits per heavy atom. The SMILES string of the molecule is O=C(OCC1CCN(CCCCCCCCCNC[C@@H](O)c2ccc(O)c3[nH]c(=O)ccc23)CC1)C(c1ccccc1)C1CCCCC1. The molecular weight excluding hydrogens is 602 g/mol. The lowest BCUT2D eigenvalue weighted by atomic mass is 9.77. The van der Waals surface area contributed by atoms with E-state index in [2.05, 4.69) is 27.3 Å². The average molecular weight is 660 g/mol. The van der Waals surface area contributed by atoms with E-state index in [0.717, 1.165) is 57.3 Å². The average Bonchev–Trinajstić information content (AvgIpc) is 3.11. The summed E-state index contributed by atoms with van der Waals surface area (Å²) < 4.78 is 6.01. The van der Waals surface area contributed by atoms with Gasteiger partial charge in [0.15, 0.2) is 0 Å². The second-order valence-corrected chi connectivity index (χ2v) is 14.2. The standard InChI is InChI=1S/C40H57N3O5/c44-35-20-18-33(34-19-21-37(46)42-39(34)35)36(45)28-41-24-12-4-2-1-3-5-13-25-43-26-22-30(23-27-43)29-48-40(47)38(31-14-8-6-9-15-31)32-16-10-7-11-17-32/h6,8-9,14-15,18-21,30,32,36,38,41,44-45H,1-5,7,10-13,16-17,22-29H2,(H,42,46)/t36-,38?/m1/s1. The lowest BCUT2D eigenvalue weighted by molar-refractivity contribution is -0.149. The Hall–Kier alpha value is -3.20. The molecule has 48 heavy (non-hydrogen) atoms. The minimum atomic E-state index is -0.717. The summed E-state index contributed by atoms with van der Waals surface area (Å²) in [5.74, 6) is 0.769. The molecule has 3 aromatic rings. The topological polar surface area (TPSA) is 115 Å². The third kappa shape index (κ3) is 10.6. The van der Waals surface area contributed by atoms with Crippen LogP contribution in [0.2, 0.25) is 0 Å². The number of hydrogen-bond donors (Lipinski definition) is 4. The molecular formula is C40H57N3O5. The van der Waals surface area contributed by atoms with Gasteiger partial charge in [0.05, 0.1) is 24.1 Å². The lowest BCUT2D eigenvalue weighted by Gasteiger charge is -2.33. The minimum Gasteiger partial charge on any atom is -0.506 e. The second-order valence-electron chi connectivity index (χ2n) is 14.2. The predicted molar refractivity (Wildman–Crippen MR) is 192 cm³/mol. The van der Waals surface area contributed by atoms with Gasteiger partial charge in [0.25, 0.3) is 0 Å². The summed E-state index contributed by atoms with van der Waals surface area (Å²) in [5, 5.41) is 24.8. The van der Waals surface area contributed by atoms with Crippen LogP contribution in [0.3, 0.4) is 0 Å². The van der Waals surface area contributed by atoms with E-state index >= 15 is 0 Å². The Balaban J connectivity index is 0.874. The van der Waals surface area contributed by atoms with Crippen LogP contribution in [0, 0.1) is 11.8 Å². The fourth-order valence-electron chi connectivity index (χ4n) is 7.76. The number of aliphatic hydroxyl groups excluding tert-OH is 1. The zero-order chi connectivity index (χ0) is 33.6. The van der Waals surface area contributed by atoms with Gasteiger partial charge < -0.3 is 30.2 Å². The highest BCUT2D eigenvalue weighted by Gasteiger charge is 2.33. The highest BCUT2D eigenvalue weighted by Crippen LogP contribution is 2.37. The van der Waals surface area contributed by atoms with Crippen molar-refractivity contribution in [2.24, 2.45) is 11.8 Å². The Morgan fingerprint density at radius 1 is 0.875 bits per heavy atom. The van der Waals surface area contributed by atoms with Crippen LogP contribution in [0.5, 0.6) is 5.75 Å². The molecule has 1 unspecified atom stereocenters. The van der Waals surface area contributed by atoms with Gasteiger partial charge in [0.1, 0.15) is 5.75 Å². The second kappa shape index (κ2) is 19.1. The highest BCUT2D eigenvalue weighted by molar-refractivity contribution is 5.87. The maximum Gasteiger partial charge on any atom is 0.313 e. The van der Waals surface area contributed by atoms with Crippen molar-refractivity contribution >= 4 is 16.9 Å². The molecule has 0 bridgehead atoms. The van der Waals surface area contributed by atoms with E-state index in [1.807, 2.05) is 18.2 Å². The fourth-order valence-corrected chi connectivity index (χ4v) is 7.76. The first-order valence-electron chi connectivity index (χ1n) is 18.7. The number of rotatable bonds is 18. The van der Waals surface area contributed by atoms with Gasteiger partial charge in [-0.2, -0.15) is 0 Å². The smallest absolute Gasteiger partial charge is 0.313 e. The number of hydrogen-bond acceptors (Lipinski definition) is 7. The molecule has 1 aliphatic carbocycles. The third-order valence-corrected chi connectivity index (χ3v) is 10.6. The minimum absolute atomic E-state index is 0.00446. The van der Waals surface area contributed by atoms with Gasteiger partial charge in [-0.15, -0.1) is 0 Å². The van der Waals surface area contributed by atoms with Crippen LogP contribution in [0.25, 0.3) is 10.9 Å². The Bertz CT molecular complexity index is 1450. The molecule has 2 fully saturated rings. The van der Waals surface area contributed by atoms with E-state index in [0.29, 0.717) is 41.5 Å². The number of nitrogens with zero attached hydrogens (tertiary/aromatic N) is 1. The number of phenols is 1. The largest absolute Gasteiger partial charge is 0.506 e. The van der Waals surface area contributed by atoms with Crippen LogP contribution in [-0.4, -0.2) is 65.4 Å². The number of carbonyl (C=O) groups is 1. The van der Waals surface area contributed by atoms with Gasteiger partial charge >= 0.3 is 5.97 Å². The van der Waals surface area contributed by atoms with Gasteiger partial charge in [0.2, 0.25) is 5.56 Å². The Kier molecular flexibility index (Phi) is 14.4. The molecule has 0 radical (unpaired) electrons. The summed E-state index contributed by atoms with van der Waals surface area (Å²) in [7, 11) is 0. The van der Waals surface area contributed by atoms with Crippen LogP contribution in [0.4, 0.5) is 0 Å². The molecule has 1 saturated carbocycles. The van der Waals surface area contributed by atoms with Gasteiger partial charge in [-0.1, -0.05) is 87.8 Å². The predicted octanol–water partition coefficient (Wildman–Crippen LogP) is 7.21. The number of likely N-dealkylation sites (tertiary alicyclic amines) is 1. The van der Waals surface area contributed by atoms with Crippen LogP contribution in [0.15, 0.2) is 59.4 Å². The molecule has 4 N–H and O–H groups in total. The molecule has 8 heteroatoms. The van der Waals surface area contributed by atoms with Crippen molar-refractivity contribution in [3.8, 4) is 5.75 Å². The summed E-state index contributed by atoms with van der Waals surface area (Å²) >= 11 is 0. The molecule has 1 saturated heterocycles. The van der Waals surface area contributed by atoms with Gasteiger partial charge in [-0.25, -0.2) is 0 Å². The molecule has 2 aliphatic rings. The van der Waals surface area contributed by atoms with Crippen molar-refractivity contribution in [2.45, 2.75) is 102 Å². The maximum atomic E-state index is 13.3. The van der Waals surface area contributed by atoms with Crippen molar-refractivity contribution in [1.29, 1.82) is 0 Å². The summed E-state index contributed by atoms with van der Waals surface area (Å²) in [5.41, 5.74) is 1.90. The van der Waals surface area contributed by atoms with E-state index in [-0.39, 0.29) is 23.2 Å².